The van der Waals surface area contributed by atoms with E-state index in [0.717, 1.165) is 56.9 Å². The Labute approximate surface area is 180 Å². The Hall–Kier alpha value is -2.15. The molecule has 2 aromatic rings. The minimum Gasteiger partial charge on any atom is -0.492 e. The van der Waals surface area contributed by atoms with Crippen molar-refractivity contribution in [1.82, 2.24) is 4.73 Å². The zero-order chi connectivity index (χ0) is 22.1. The third kappa shape index (κ3) is 6.17. The van der Waals surface area contributed by atoms with Crippen LogP contribution < -0.4 is 4.28 Å². The average molecular weight is 438 g/mol. The van der Waals surface area contributed by atoms with Crippen LogP contribution in [0.5, 0.6) is 11.8 Å². The highest BCUT2D eigenvalue weighted by molar-refractivity contribution is 7.87. The van der Waals surface area contributed by atoms with E-state index in [1.807, 2.05) is 6.92 Å². The monoisotopic (exact) mass is 437 g/mol. The Balaban J connectivity index is 2.30. The topological polar surface area (TPSA) is 88.8 Å². The van der Waals surface area contributed by atoms with Gasteiger partial charge in [0.15, 0.2) is 0 Å². The minimum absolute atomic E-state index is 0.0328. The normalized spacial score (nSPS) is 11.7. The Kier molecular flexibility index (Phi) is 9.08. The second kappa shape index (κ2) is 11.3. The largest absolute Gasteiger partial charge is 0.492 e. The summed E-state index contributed by atoms with van der Waals surface area (Å²) in [6.45, 7) is 6.11. The molecule has 30 heavy (non-hydrogen) atoms. The van der Waals surface area contributed by atoms with Crippen LogP contribution in [0, 0.1) is 6.92 Å². The van der Waals surface area contributed by atoms with Crippen LogP contribution in [-0.2, 0) is 23.0 Å². The first-order valence-corrected chi connectivity index (χ1v) is 12.4. The molecular formula is C23H35NO5S. The molecule has 0 aliphatic heterocycles. The molecule has 0 aliphatic carbocycles. The van der Waals surface area contributed by atoms with Crippen LogP contribution in [0.4, 0.5) is 0 Å². The summed E-state index contributed by atoms with van der Waals surface area (Å²) in [5.74, 6) is -0.657. The maximum absolute atomic E-state index is 12.7. The molecule has 2 N–H and O–H groups in total. The fourth-order valence-electron chi connectivity index (χ4n) is 3.51. The van der Waals surface area contributed by atoms with Crippen molar-refractivity contribution in [2.24, 2.45) is 0 Å². The molecule has 0 aliphatic rings. The van der Waals surface area contributed by atoms with Gasteiger partial charge in [-0.1, -0.05) is 74.8 Å². The second-order valence-electron chi connectivity index (χ2n) is 7.86. The van der Waals surface area contributed by atoms with Crippen LogP contribution in [0.15, 0.2) is 29.2 Å². The highest BCUT2D eigenvalue weighted by atomic mass is 32.2. The van der Waals surface area contributed by atoms with Crippen LogP contribution in [-0.4, -0.2) is 23.4 Å². The Morgan fingerprint density at radius 2 is 1.27 bits per heavy atom. The molecule has 0 saturated heterocycles. The van der Waals surface area contributed by atoms with Crippen LogP contribution in [0.3, 0.4) is 0 Å². The molecule has 1 aromatic carbocycles. The first-order valence-electron chi connectivity index (χ1n) is 11.0. The fourth-order valence-corrected chi connectivity index (χ4v) is 4.41. The number of hydrogen-bond donors (Lipinski definition) is 2. The first kappa shape index (κ1) is 24.1. The second-order valence-corrected chi connectivity index (χ2v) is 9.39. The van der Waals surface area contributed by atoms with Gasteiger partial charge in [0.1, 0.15) is 4.90 Å². The van der Waals surface area contributed by atoms with Crippen molar-refractivity contribution in [2.75, 3.05) is 0 Å². The summed E-state index contributed by atoms with van der Waals surface area (Å²) in [6, 6.07) is 6.23. The van der Waals surface area contributed by atoms with Crippen molar-refractivity contribution < 1.29 is 22.9 Å². The van der Waals surface area contributed by atoms with Gasteiger partial charge in [0.05, 0.1) is 0 Å². The summed E-state index contributed by atoms with van der Waals surface area (Å²) < 4.78 is 31.2. The molecule has 1 heterocycles. The minimum atomic E-state index is -4.19. The van der Waals surface area contributed by atoms with Crippen molar-refractivity contribution in [2.45, 2.75) is 89.9 Å². The number of nitrogens with zero attached hydrogens (tertiary/aromatic N) is 1. The number of aryl methyl sites for hydroxylation is 1. The number of aromatic hydroxyl groups is 2. The van der Waals surface area contributed by atoms with Crippen LogP contribution >= 0.6 is 0 Å². The van der Waals surface area contributed by atoms with Crippen molar-refractivity contribution in [3.8, 4) is 11.8 Å². The van der Waals surface area contributed by atoms with Gasteiger partial charge in [-0.25, -0.2) is 0 Å². The summed E-state index contributed by atoms with van der Waals surface area (Å²) in [5, 5.41) is 21.4. The van der Waals surface area contributed by atoms with E-state index >= 15 is 0 Å². The lowest BCUT2D eigenvalue weighted by atomic mass is 10.00. The van der Waals surface area contributed by atoms with Crippen LogP contribution in [0.2, 0.25) is 0 Å². The third-order valence-corrected chi connectivity index (χ3v) is 6.53. The zero-order valence-corrected chi connectivity index (χ0v) is 19.2. The van der Waals surface area contributed by atoms with Crippen molar-refractivity contribution in [3.05, 3.63) is 41.0 Å². The first-order chi connectivity index (χ1) is 14.3. The molecular weight excluding hydrogens is 402 g/mol. The molecule has 0 bridgehead atoms. The number of hydrogen-bond acceptors (Lipinski definition) is 5. The van der Waals surface area contributed by atoms with Crippen molar-refractivity contribution in [1.29, 1.82) is 0 Å². The maximum Gasteiger partial charge on any atom is 0.357 e. The Bertz CT molecular complexity index is 865. The van der Waals surface area contributed by atoms with Gasteiger partial charge in [-0.3, -0.25) is 4.28 Å². The number of benzene rings is 1. The van der Waals surface area contributed by atoms with E-state index < -0.39 is 10.1 Å². The summed E-state index contributed by atoms with van der Waals surface area (Å²) in [6.07, 6.45) is 9.27. The van der Waals surface area contributed by atoms with E-state index in [4.69, 9.17) is 4.28 Å². The van der Waals surface area contributed by atoms with Gasteiger partial charge in [0, 0.05) is 11.1 Å². The van der Waals surface area contributed by atoms with E-state index in [1.54, 1.807) is 12.1 Å². The van der Waals surface area contributed by atoms with Gasteiger partial charge in [-0.05, 0) is 44.7 Å². The molecule has 168 valence electrons. The van der Waals surface area contributed by atoms with E-state index in [-0.39, 0.29) is 16.7 Å². The van der Waals surface area contributed by atoms with Gasteiger partial charge in [-0.15, -0.1) is 0 Å². The average Bonchev–Trinajstić information content (AvgIpc) is 2.93. The molecule has 0 unspecified atom stereocenters. The van der Waals surface area contributed by atoms with Gasteiger partial charge in [-0.2, -0.15) is 8.42 Å². The van der Waals surface area contributed by atoms with Crippen LogP contribution in [0.1, 0.15) is 81.9 Å². The summed E-state index contributed by atoms with van der Waals surface area (Å²) >= 11 is 0. The van der Waals surface area contributed by atoms with Crippen molar-refractivity contribution >= 4 is 10.1 Å². The summed E-state index contributed by atoms with van der Waals surface area (Å²) in [7, 11) is -4.19. The number of aromatic nitrogens is 1. The van der Waals surface area contributed by atoms with E-state index in [1.165, 1.54) is 12.1 Å². The Morgan fingerprint density at radius 1 is 0.800 bits per heavy atom. The van der Waals surface area contributed by atoms with Gasteiger partial charge in [0.2, 0.25) is 11.8 Å². The summed E-state index contributed by atoms with van der Waals surface area (Å²) in [5.41, 5.74) is 2.09. The molecule has 1 aromatic heterocycles. The molecule has 0 fully saturated rings. The van der Waals surface area contributed by atoms with Gasteiger partial charge >= 0.3 is 10.1 Å². The van der Waals surface area contributed by atoms with Gasteiger partial charge in [0.25, 0.3) is 0 Å². The van der Waals surface area contributed by atoms with E-state index in [2.05, 4.69) is 13.8 Å². The predicted molar refractivity (Wildman–Crippen MR) is 118 cm³/mol. The van der Waals surface area contributed by atoms with E-state index in [0.29, 0.717) is 28.7 Å². The third-order valence-electron chi connectivity index (χ3n) is 5.33. The number of rotatable bonds is 13. The maximum atomic E-state index is 12.7. The highest BCUT2D eigenvalue weighted by Gasteiger charge is 2.27. The molecule has 0 amide bonds. The standard InChI is InChI=1S/C23H35NO5S/c1-4-6-8-10-12-20-21(13-11-9-7-5-2)23(26)24(22(20)25)29-30(27,28)19-16-14-18(3)15-17-19/h14-17,25-26H,4-13H2,1-3H3. The van der Waals surface area contributed by atoms with Crippen LogP contribution in [0.25, 0.3) is 0 Å². The smallest absolute Gasteiger partial charge is 0.357 e. The molecule has 6 nitrogen and oxygen atoms in total. The lowest BCUT2D eigenvalue weighted by Gasteiger charge is -2.09. The summed E-state index contributed by atoms with van der Waals surface area (Å²) in [4.78, 5) is -0.0328. The predicted octanol–water partition coefficient (Wildman–Crippen LogP) is 5.27. The van der Waals surface area contributed by atoms with E-state index in [9.17, 15) is 18.6 Å². The van der Waals surface area contributed by atoms with Crippen molar-refractivity contribution in [3.63, 3.8) is 0 Å². The zero-order valence-electron chi connectivity index (χ0n) is 18.4. The molecule has 7 heteroatoms. The molecule has 0 radical (unpaired) electrons. The quantitative estimate of drug-likeness (QED) is 0.417. The fraction of sp³-hybridized carbons (Fsp3) is 0.565. The Morgan fingerprint density at radius 3 is 1.70 bits per heavy atom. The SMILES string of the molecule is CCCCCCc1c(CCCCCC)c(O)n(OS(=O)(=O)c2ccc(C)cc2)c1O. The van der Waals surface area contributed by atoms with Gasteiger partial charge < -0.3 is 10.2 Å². The molecule has 0 saturated carbocycles. The number of unbranched alkanes of at least 4 members (excludes halogenated alkanes) is 6. The molecule has 2 rings (SSSR count). The highest BCUT2D eigenvalue weighted by Crippen LogP contribution is 2.36. The molecule has 0 spiro atoms. The molecule has 0 atom stereocenters. The lowest BCUT2D eigenvalue weighted by Crippen LogP contribution is -2.19. The lowest BCUT2D eigenvalue weighted by molar-refractivity contribution is 0.201.